The predicted octanol–water partition coefficient (Wildman–Crippen LogP) is 1.06. The quantitative estimate of drug-likeness (QED) is 0.628. The third kappa shape index (κ3) is 3.92. The average molecular weight is 309 g/mol. The fraction of sp³-hybridized carbons (Fsp3) is 0.400. The fourth-order valence-corrected chi connectivity index (χ4v) is 4.08. The molecular formula is C15H19NO4S. The Kier molecular flexibility index (Phi) is 5.14. The van der Waals surface area contributed by atoms with Crippen LogP contribution in [0.4, 0.5) is 0 Å². The van der Waals surface area contributed by atoms with Crippen molar-refractivity contribution in [3.05, 3.63) is 47.5 Å². The Labute approximate surface area is 124 Å². The van der Waals surface area contributed by atoms with E-state index in [0.29, 0.717) is 19.5 Å². The molecule has 1 heterocycles. The highest BCUT2D eigenvalue weighted by atomic mass is 32.2. The Bertz CT molecular complexity index is 622. The number of carbonyl (C=O) groups excluding carboxylic acids is 1. The summed E-state index contributed by atoms with van der Waals surface area (Å²) in [7, 11) is -2.01. The van der Waals surface area contributed by atoms with Crippen LogP contribution in [0, 0.1) is 0 Å². The second-order valence-electron chi connectivity index (χ2n) is 4.92. The molecule has 0 bridgehead atoms. The van der Waals surface area contributed by atoms with E-state index in [4.69, 9.17) is 0 Å². The second-order valence-corrected chi connectivity index (χ2v) is 7.15. The van der Waals surface area contributed by atoms with E-state index in [1.165, 1.54) is 13.2 Å². The predicted molar refractivity (Wildman–Crippen MR) is 80.4 cm³/mol. The molecule has 0 spiro atoms. The van der Waals surface area contributed by atoms with Crippen LogP contribution in [0.1, 0.15) is 12.0 Å². The summed E-state index contributed by atoms with van der Waals surface area (Å²) >= 11 is 0. The highest BCUT2D eigenvalue weighted by Crippen LogP contribution is 2.24. The van der Waals surface area contributed by atoms with E-state index < -0.39 is 21.1 Å². The summed E-state index contributed by atoms with van der Waals surface area (Å²) in [5.41, 5.74) is 1.40. The Morgan fingerprint density at radius 2 is 2.05 bits per heavy atom. The first kappa shape index (κ1) is 15.7. The van der Waals surface area contributed by atoms with Gasteiger partial charge in [-0.15, -0.1) is 0 Å². The van der Waals surface area contributed by atoms with Gasteiger partial charge in [0.05, 0.1) is 23.7 Å². The molecule has 0 saturated heterocycles. The van der Waals surface area contributed by atoms with Crippen molar-refractivity contribution in [3.63, 3.8) is 0 Å². The minimum absolute atomic E-state index is 0.0826. The van der Waals surface area contributed by atoms with Crippen LogP contribution >= 0.6 is 0 Å². The van der Waals surface area contributed by atoms with Crippen molar-refractivity contribution < 1.29 is 17.9 Å². The summed E-state index contributed by atoms with van der Waals surface area (Å²) in [6, 6.07) is 9.85. The molecule has 0 fully saturated rings. The molecule has 0 aromatic heterocycles. The molecule has 1 aliphatic rings. The van der Waals surface area contributed by atoms with Crippen LogP contribution in [-0.4, -0.2) is 39.0 Å². The molecule has 1 unspecified atom stereocenters. The van der Waals surface area contributed by atoms with E-state index in [9.17, 15) is 13.2 Å². The third-order valence-corrected chi connectivity index (χ3v) is 5.48. The molecule has 0 aliphatic carbocycles. The molecular weight excluding hydrogens is 290 g/mol. The number of rotatable bonds is 6. The molecule has 0 amide bonds. The van der Waals surface area contributed by atoms with E-state index in [2.05, 4.69) is 10.1 Å². The van der Waals surface area contributed by atoms with E-state index in [-0.39, 0.29) is 11.3 Å². The average Bonchev–Trinajstić information content (AvgIpc) is 2.79. The van der Waals surface area contributed by atoms with Gasteiger partial charge in [-0.3, -0.25) is 0 Å². The summed E-state index contributed by atoms with van der Waals surface area (Å²) in [4.78, 5) is 11.6. The zero-order chi connectivity index (χ0) is 15.3. The zero-order valence-electron chi connectivity index (χ0n) is 11.9. The van der Waals surface area contributed by atoms with Gasteiger partial charge in [-0.25, -0.2) is 13.2 Å². The molecule has 21 heavy (non-hydrogen) atoms. The first-order chi connectivity index (χ1) is 10.0. The molecule has 1 atom stereocenters. The molecule has 0 saturated carbocycles. The molecule has 5 nitrogen and oxygen atoms in total. The molecule has 114 valence electrons. The summed E-state index contributed by atoms with van der Waals surface area (Å²) in [6.07, 6.45) is 1.83. The number of benzene rings is 1. The second kappa shape index (κ2) is 6.87. The van der Waals surface area contributed by atoms with Crippen LogP contribution in [0.15, 0.2) is 42.0 Å². The first-order valence-electron chi connectivity index (χ1n) is 6.79. The maximum atomic E-state index is 12.0. The number of nitrogens with one attached hydrogen (secondary N) is 1. The normalized spacial score (nSPS) is 20.0. The van der Waals surface area contributed by atoms with Crippen molar-refractivity contribution in [1.29, 1.82) is 0 Å². The molecule has 1 aromatic rings. The number of esters is 1. The lowest BCUT2D eigenvalue weighted by Crippen LogP contribution is -2.28. The van der Waals surface area contributed by atoms with E-state index in [1.807, 2.05) is 30.3 Å². The van der Waals surface area contributed by atoms with Gasteiger partial charge < -0.3 is 10.1 Å². The summed E-state index contributed by atoms with van der Waals surface area (Å²) in [5, 5.41) is 2.44. The number of hydrogen-bond acceptors (Lipinski definition) is 5. The Hall–Kier alpha value is -1.66. The fourth-order valence-electron chi connectivity index (χ4n) is 2.38. The molecule has 0 radical (unpaired) electrons. The van der Waals surface area contributed by atoms with Gasteiger partial charge >= 0.3 is 5.97 Å². The zero-order valence-corrected chi connectivity index (χ0v) is 12.7. The molecule has 6 heteroatoms. The Balaban J connectivity index is 1.88. The van der Waals surface area contributed by atoms with E-state index in [0.717, 1.165) is 5.56 Å². The van der Waals surface area contributed by atoms with Crippen LogP contribution in [0.3, 0.4) is 0 Å². The topological polar surface area (TPSA) is 72.5 Å². The van der Waals surface area contributed by atoms with Gasteiger partial charge in [0, 0.05) is 6.54 Å². The van der Waals surface area contributed by atoms with Crippen molar-refractivity contribution in [2.24, 2.45) is 0 Å². The summed E-state index contributed by atoms with van der Waals surface area (Å²) < 4.78 is 28.6. The van der Waals surface area contributed by atoms with Gasteiger partial charge in [-0.2, -0.15) is 0 Å². The van der Waals surface area contributed by atoms with Crippen molar-refractivity contribution >= 4 is 15.8 Å². The minimum atomic E-state index is -3.27. The lowest BCUT2D eigenvalue weighted by Gasteiger charge is -2.13. The van der Waals surface area contributed by atoms with Crippen molar-refractivity contribution in [2.75, 3.05) is 19.4 Å². The standard InChI is InChI=1S/C15H19NO4S/c1-20-15(17)13-8-10-21(18,19)14(13)7-9-16-11-12-5-3-2-4-6-12/h2-6,8,14,16H,7,9-11H2,1H3. The summed E-state index contributed by atoms with van der Waals surface area (Å²) in [6.45, 7) is 1.19. The highest BCUT2D eigenvalue weighted by molar-refractivity contribution is 7.92. The van der Waals surface area contributed by atoms with Gasteiger partial charge in [0.15, 0.2) is 9.84 Å². The van der Waals surface area contributed by atoms with Crippen molar-refractivity contribution in [1.82, 2.24) is 5.32 Å². The maximum Gasteiger partial charge on any atom is 0.334 e. The van der Waals surface area contributed by atoms with Gasteiger partial charge in [-0.05, 0) is 18.5 Å². The SMILES string of the molecule is COC(=O)C1=CCS(=O)(=O)C1CCNCc1ccccc1. The van der Waals surface area contributed by atoms with Crippen LogP contribution in [0.25, 0.3) is 0 Å². The monoisotopic (exact) mass is 309 g/mol. The van der Waals surface area contributed by atoms with Crippen LogP contribution < -0.4 is 5.32 Å². The number of ether oxygens (including phenoxy) is 1. The third-order valence-electron chi connectivity index (χ3n) is 3.49. The lowest BCUT2D eigenvalue weighted by molar-refractivity contribution is -0.136. The molecule has 1 aromatic carbocycles. The highest BCUT2D eigenvalue weighted by Gasteiger charge is 2.37. The van der Waals surface area contributed by atoms with Gasteiger partial charge in [-0.1, -0.05) is 36.4 Å². The number of sulfone groups is 1. The van der Waals surface area contributed by atoms with E-state index in [1.54, 1.807) is 0 Å². The largest absolute Gasteiger partial charge is 0.466 e. The van der Waals surface area contributed by atoms with Gasteiger partial charge in [0.2, 0.25) is 0 Å². The minimum Gasteiger partial charge on any atom is -0.466 e. The van der Waals surface area contributed by atoms with Crippen molar-refractivity contribution in [3.8, 4) is 0 Å². The number of hydrogen-bond donors (Lipinski definition) is 1. The molecule has 2 rings (SSSR count). The lowest BCUT2D eigenvalue weighted by atomic mass is 10.1. The number of methoxy groups -OCH3 is 1. The van der Waals surface area contributed by atoms with E-state index >= 15 is 0 Å². The molecule has 1 aliphatic heterocycles. The maximum absolute atomic E-state index is 12.0. The Morgan fingerprint density at radius 1 is 1.33 bits per heavy atom. The molecule has 1 N–H and O–H groups in total. The van der Waals surface area contributed by atoms with Gasteiger partial charge in [0.1, 0.15) is 0 Å². The smallest absolute Gasteiger partial charge is 0.334 e. The summed E-state index contributed by atoms with van der Waals surface area (Å²) in [5.74, 6) is -0.634. The van der Waals surface area contributed by atoms with Gasteiger partial charge in [0.25, 0.3) is 0 Å². The Morgan fingerprint density at radius 3 is 2.71 bits per heavy atom. The van der Waals surface area contributed by atoms with Crippen molar-refractivity contribution in [2.45, 2.75) is 18.2 Å². The van der Waals surface area contributed by atoms with Crippen LogP contribution in [0.2, 0.25) is 0 Å². The van der Waals surface area contributed by atoms with Crippen LogP contribution in [-0.2, 0) is 25.9 Å². The van der Waals surface area contributed by atoms with Crippen LogP contribution in [0.5, 0.6) is 0 Å². The number of carbonyl (C=O) groups is 1. The first-order valence-corrected chi connectivity index (χ1v) is 8.50.